The number of aliphatic hydroxyl groups is 1. The second kappa shape index (κ2) is 8.47. The van der Waals surface area contributed by atoms with Crippen LogP contribution in [0.25, 0.3) is 0 Å². The smallest absolute Gasteiger partial charge is 0.0900 e. The fourth-order valence-electron chi connectivity index (χ4n) is 2.15. The van der Waals surface area contributed by atoms with E-state index in [2.05, 4.69) is 18.7 Å². The minimum atomic E-state index is -0.412. The Morgan fingerprint density at radius 3 is 2.74 bits per heavy atom. The lowest BCUT2D eigenvalue weighted by molar-refractivity contribution is -0.0393. The van der Waals surface area contributed by atoms with Crippen LogP contribution in [0.1, 0.15) is 27.2 Å². The monoisotopic (exact) mass is 291 g/mol. The highest BCUT2D eigenvalue weighted by molar-refractivity contribution is 8.00. The van der Waals surface area contributed by atoms with E-state index >= 15 is 0 Å². The predicted octanol–water partition coefficient (Wildman–Crippen LogP) is 1.62. The van der Waals surface area contributed by atoms with Crippen LogP contribution in [0.3, 0.4) is 0 Å². The first-order valence-corrected chi connectivity index (χ1v) is 8.06. The van der Waals surface area contributed by atoms with Crippen LogP contribution in [0, 0.1) is 0 Å². The third-order valence-corrected chi connectivity index (χ3v) is 4.75. The minimum absolute atomic E-state index is 0.0401. The Morgan fingerprint density at radius 1 is 1.32 bits per heavy atom. The van der Waals surface area contributed by atoms with Gasteiger partial charge in [0.1, 0.15) is 0 Å². The van der Waals surface area contributed by atoms with Crippen molar-refractivity contribution in [3.05, 3.63) is 0 Å². The summed E-state index contributed by atoms with van der Waals surface area (Å²) in [4.78, 5) is 2.34. The lowest BCUT2D eigenvalue weighted by Gasteiger charge is -2.25. The molecular formula is C14H29NO3S. The van der Waals surface area contributed by atoms with Crippen molar-refractivity contribution in [2.45, 2.75) is 44.1 Å². The number of methoxy groups -OCH3 is 1. The SMILES string of the molecule is COCC(C)OCC(O)CN1CCSC(C)(C)CC1. The Bertz CT molecular complexity index is 251. The van der Waals surface area contributed by atoms with E-state index in [4.69, 9.17) is 9.47 Å². The molecule has 4 nitrogen and oxygen atoms in total. The molecule has 2 unspecified atom stereocenters. The molecule has 0 radical (unpaired) electrons. The molecule has 1 heterocycles. The lowest BCUT2D eigenvalue weighted by Crippen LogP contribution is -2.37. The van der Waals surface area contributed by atoms with Gasteiger partial charge in [-0.25, -0.2) is 0 Å². The molecule has 1 saturated heterocycles. The highest BCUT2D eigenvalue weighted by Gasteiger charge is 2.24. The van der Waals surface area contributed by atoms with Gasteiger partial charge in [-0.3, -0.25) is 4.90 Å². The zero-order valence-electron chi connectivity index (χ0n) is 12.7. The van der Waals surface area contributed by atoms with Gasteiger partial charge in [-0.2, -0.15) is 11.8 Å². The van der Waals surface area contributed by atoms with Crippen molar-refractivity contribution in [1.82, 2.24) is 4.90 Å². The Morgan fingerprint density at radius 2 is 2.05 bits per heavy atom. The Kier molecular flexibility index (Phi) is 7.69. The summed E-state index contributed by atoms with van der Waals surface area (Å²) in [6.07, 6.45) is 0.800. The van der Waals surface area contributed by atoms with Gasteiger partial charge < -0.3 is 14.6 Å². The maximum Gasteiger partial charge on any atom is 0.0900 e. The molecular weight excluding hydrogens is 262 g/mol. The van der Waals surface area contributed by atoms with Crippen LogP contribution >= 0.6 is 11.8 Å². The van der Waals surface area contributed by atoms with Crippen molar-refractivity contribution < 1.29 is 14.6 Å². The van der Waals surface area contributed by atoms with E-state index in [9.17, 15) is 5.11 Å². The van der Waals surface area contributed by atoms with Gasteiger partial charge in [0.2, 0.25) is 0 Å². The standard InChI is InChI=1S/C14H29NO3S/c1-12(10-17-4)18-11-13(16)9-15-6-5-14(2,3)19-8-7-15/h12-13,16H,5-11H2,1-4H3. The van der Waals surface area contributed by atoms with Crippen LogP contribution in [0.5, 0.6) is 0 Å². The van der Waals surface area contributed by atoms with E-state index in [0.717, 1.165) is 18.8 Å². The van der Waals surface area contributed by atoms with Gasteiger partial charge in [-0.05, 0) is 19.9 Å². The molecule has 1 N–H and O–H groups in total. The molecule has 19 heavy (non-hydrogen) atoms. The summed E-state index contributed by atoms with van der Waals surface area (Å²) in [5.41, 5.74) is 0. The van der Waals surface area contributed by atoms with Crippen molar-refractivity contribution in [3.8, 4) is 0 Å². The molecule has 0 aromatic carbocycles. The topological polar surface area (TPSA) is 41.9 Å². The molecule has 2 atom stereocenters. The van der Waals surface area contributed by atoms with Crippen LogP contribution in [0.2, 0.25) is 0 Å². The molecule has 5 heteroatoms. The van der Waals surface area contributed by atoms with Crippen LogP contribution in [-0.2, 0) is 9.47 Å². The average Bonchev–Trinajstić information content (AvgIpc) is 2.49. The van der Waals surface area contributed by atoms with Gasteiger partial charge in [0.05, 0.1) is 25.4 Å². The molecule has 1 fully saturated rings. The average molecular weight is 291 g/mol. The van der Waals surface area contributed by atoms with Crippen molar-refractivity contribution in [2.24, 2.45) is 0 Å². The third kappa shape index (κ3) is 7.51. The number of thioether (sulfide) groups is 1. The van der Waals surface area contributed by atoms with Crippen molar-refractivity contribution in [1.29, 1.82) is 0 Å². The van der Waals surface area contributed by atoms with E-state index in [-0.39, 0.29) is 6.10 Å². The van der Waals surface area contributed by atoms with Gasteiger partial charge in [-0.15, -0.1) is 0 Å². The summed E-state index contributed by atoms with van der Waals surface area (Å²) in [5, 5.41) is 10.0. The summed E-state index contributed by atoms with van der Waals surface area (Å²) >= 11 is 2.03. The molecule has 0 aromatic rings. The largest absolute Gasteiger partial charge is 0.389 e. The summed E-state index contributed by atoms with van der Waals surface area (Å²) in [7, 11) is 1.66. The van der Waals surface area contributed by atoms with Crippen LogP contribution in [0.15, 0.2) is 0 Å². The first-order valence-electron chi connectivity index (χ1n) is 7.08. The second-order valence-corrected chi connectivity index (χ2v) is 7.71. The van der Waals surface area contributed by atoms with Crippen molar-refractivity contribution in [3.63, 3.8) is 0 Å². The van der Waals surface area contributed by atoms with Crippen LogP contribution in [0.4, 0.5) is 0 Å². The van der Waals surface area contributed by atoms with Gasteiger partial charge in [0.25, 0.3) is 0 Å². The summed E-state index contributed by atoms with van der Waals surface area (Å²) in [5.74, 6) is 1.14. The zero-order chi connectivity index (χ0) is 14.3. The lowest BCUT2D eigenvalue weighted by atomic mass is 10.1. The Hall–Kier alpha value is 0.190. The number of aliphatic hydroxyl groups excluding tert-OH is 1. The number of rotatable bonds is 7. The van der Waals surface area contributed by atoms with Crippen molar-refractivity contribution in [2.75, 3.05) is 45.7 Å². The highest BCUT2D eigenvalue weighted by atomic mass is 32.2. The number of nitrogens with zero attached hydrogens (tertiary/aromatic N) is 1. The maximum absolute atomic E-state index is 10.0. The minimum Gasteiger partial charge on any atom is -0.389 e. The zero-order valence-corrected chi connectivity index (χ0v) is 13.5. The second-order valence-electron chi connectivity index (χ2n) is 5.91. The maximum atomic E-state index is 10.0. The van der Waals surface area contributed by atoms with Crippen molar-refractivity contribution >= 4 is 11.8 Å². The molecule has 0 bridgehead atoms. The van der Waals surface area contributed by atoms with E-state index in [1.165, 1.54) is 6.42 Å². The molecule has 0 aliphatic carbocycles. The predicted molar refractivity (Wildman–Crippen MR) is 80.9 cm³/mol. The molecule has 114 valence electrons. The van der Waals surface area contributed by atoms with Gasteiger partial charge in [0, 0.05) is 30.7 Å². The molecule has 0 saturated carbocycles. The third-order valence-electron chi connectivity index (χ3n) is 3.37. The normalized spacial score (nSPS) is 23.8. The van der Waals surface area contributed by atoms with Gasteiger partial charge >= 0.3 is 0 Å². The van der Waals surface area contributed by atoms with E-state index < -0.39 is 6.10 Å². The highest BCUT2D eigenvalue weighted by Crippen LogP contribution is 2.30. The van der Waals surface area contributed by atoms with E-state index in [1.807, 2.05) is 18.7 Å². The first-order chi connectivity index (χ1) is 8.93. The quantitative estimate of drug-likeness (QED) is 0.772. The summed E-state index contributed by atoms with van der Waals surface area (Å²) in [6, 6.07) is 0. The number of ether oxygens (including phenoxy) is 2. The van der Waals surface area contributed by atoms with Crippen LogP contribution in [-0.4, -0.2) is 72.7 Å². The molecule has 1 rings (SSSR count). The molecule has 1 aliphatic rings. The molecule has 0 spiro atoms. The number of hydrogen-bond donors (Lipinski definition) is 1. The first kappa shape index (κ1) is 17.2. The molecule has 1 aliphatic heterocycles. The van der Waals surface area contributed by atoms with E-state index in [0.29, 0.717) is 24.5 Å². The summed E-state index contributed by atoms with van der Waals surface area (Å²) in [6.45, 7) is 10.3. The summed E-state index contributed by atoms with van der Waals surface area (Å²) < 4.78 is 10.9. The molecule has 0 amide bonds. The Labute approximate surface area is 121 Å². The molecule has 0 aromatic heterocycles. The fraction of sp³-hybridized carbons (Fsp3) is 1.00. The fourth-order valence-corrected chi connectivity index (χ4v) is 3.29. The van der Waals surface area contributed by atoms with Crippen LogP contribution < -0.4 is 0 Å². The Balaban J connectivity index is 2.22. The van der Waals surface area contributed by atoms with Gasteiger partial charge in [-0.1, -0.05) is 13.8 Å². The van der Waals surface area contributed by atoms with E-state index in [1.54, 1.807) is 7.11 Å². The van der Waals surface area contributed by atoms with Gasteiger partial charge in [0.15, 0.2) is 0 Å². The number of β-amino-alcohol motifs (C(OH)–C–C–N with tert-alkyl or cyclic N) is 1. The number of hydrogen-bond acceptors (Lipinski definition) is 5.